The number of hydrogen-bond acceptors (Lipinski definition) is 3. The van der Waals surface area contributed by atoms with Crippen LogP contribution in [0.15, 0.2) is 24.5 Å². The van der Waals surface area contributed by atoms with E-state index in [0.29, 0.717) is 0 Å². The highest BCUT2D eigenvalue weighted by Gasteiger charge is 2.11. The van der Waals surface area contributed by atoms with Crippen molar-refractivity contribution in [3.05, 3.63) is 24.5 Å². The highest BCUT2D eigenvalue weighted by atomic mass is 32.2. The molecule has 1 aromatic heterocycles. The standard InChI is InChI=1S/C8H10N2S/c1-2-8(6-9-3-1)10-4-5-11-7-10/h1-3,6H,4-5,7H2. The molecule has 2 nitrogen and oxygen atoms in total. The molecule has 0 spiro atoms. The smallest absolute Gasteiger partial charge is 0.0641 e. The first kappa shape index (κ1) is 6.98. The lowest BCUT2D eigenvalue weighted by atomic mass is 10.4. The summed E-state index contributed by atoms with van der Waals surface area (Å²) < 4.78 is 0. The van der Waals surface area contributed by atoms with Crippen molar-refractivity contribution < 1.29 is 0 Å². The fourth-order valence-corrected chi connectivity index (χ4v) is 2.14. The second kappa shape index (κ2) is 3.13. The van der Waals surface area contributed by atoms with Gasteiger partial charge in [-0.05, 0) is 12.1 Å². The normalized spacial score (nSPS) is 17.3. The molecule has 0 saturated carbocycles. The molecule has 0 aliphatic carbocycles. The lowest BCUT2D eigenvalue weighted by Gasteiger charge is -2.14. The summed E-state index contributed by atoms with van der Waals surface area (Å²) in [5.74, 6) is 2.36. The summed E-state index contributed by atoms with van der Waals surface area (Å²) in [6.07, 6.45) is 3.73. The molecule has 0 amide bonds. The number of pyridine rings is 1. The van der Waals surface area contributed by atoms with E-state index in [4.69, 9.17) is 0 Å². The average molecular weight is 166 g/mol. The third kappa shape index (κ3) is 1.48. The van der Waals surface area contributed by atoms with Gasteiger partial charge < -0.3 is 4.90 Å². The van der Waals surface area contributed by atoms with Gasteiger partial charge in [-0.3, -0.25) is 4.98 Å². The zero-order chi connectivity index (χ0) is 7.52. The predicted molar refractivity (Wildman–Crippen MR) is 48.9 cm³/mol. The fraction of sp³-hybridized carbons (Fsp3) is 0.375. The van der Waals surface area contributed by atoms with Gasteiger partial charge in [0.2, 0.25) is 0 Å². The molecule has 0 radical (unpaired) electrons. The highest BCUT2D eigenvalue weighted by molar-refractivity contribution is 7.99. The maximum absolute atomic E-state index is 4.08. The third-order valence-corrected chi connectivity index (χ3v) is 2.73. The summed E-state index contributed by atoms with van der Waals surface area (Å²) in [7, 11) is 0. The van der Waals surface area contributed by atoms with Gasteiger partial charge in [-0.25, -0.2) is 0 Å². The maximum atomic E-state index is 4.08. The van der Waals surface area contributed by atoms with Crippen LogP contribution in [0.1, 0.15) is 0 Å². The summed E-state index contributed by atoms with van der Waals surface area (Å²) in [5.41, 5.74) is 1.25. The van der Waals surface area contributed by atoms with Crippen molar-refractivity contribution in [2.24, 2.45) is 0 Å². The monoisotopic (exact) mass is 166 g/mol. The number of aromatic nitrogens is 1. The fourth-order valence-electron chi connectivity index (χ4n) is 1.16. The Labute approximate surface area is 70.6 Å². The van der Waals surface area contributed by atoms with Crippen LogP contribution in [0.25, 0.3) is 0 Å². The van der Waals surface area contributed by atoms with E-state index in [9.17, 15) is 0 Å². The topological polar surface area (TPSA) is 16.1 Å². The first-order chi connectivity index (χ1) is 5.47. The number of thioether (sulfide) groups is 1. The number of nitrogens with zero attached hydrogens (tertiary/aromatic N) is 2. The Balaban J connectivity index is 2.16. The Kier molecular flexibility index (Phi) is 1.99. The van der Waals surface area contributed by atoms with Crippen LogP contribution in [0.5, 0.6) is 0 Å². The zero-order valence-electron chi connectivity index (χ0n) is 6.23. The molecule has 2 rings (SSSR count). The lowest BCUT2D eigenvalue weighted by Crippen LogP contribution is -2.17. The van der Waals surface area contributed by atoms with E-state index in [-0.39, 0.29) is 0 Å². The van der Waals surface area contributed by atoms with Gasteiger partial charge in [-0.2, -0.15) is 0 Å². The van der Waals surface area contributed by atoms with Crippen LogP contribution >= 0.6 is 11.8 Å². The Morgan fingerprint density at radius 2 is 2.55 bits per heavy atom. The Morgan fingerprint density at radius 3 is 3.18 bits per heavy atom. The second-order valence-electron chi connectivity index (χ2n) is 2.51. The van der Waals surface area contributed by atoms with Gasteiger partial charge in [0, 0.05) is 18.5 Å². The molecule has 0 bridgehead atoms. The molecule has 1 aliphatic heterocycles. The van der Waals surface area contributed by atoms with Crippen molar-refractivity contribution in [3.63, 3.8) is 0 Å². The molecular formula is C8H10N2S. The quantitative estimate of drug-likeness (QED) is 0.630. The molecule has 0 unspecified atom stereocenters. The second-order valence-corrected chi connectivity index (χ2v) is 3.59. The van der Waals surface area contributed by atoms with Gasteiger partial charge in [0.15, 0.2) is 0 Å². The largest absolute Gasteiger partial charge is 0.360 e. The van der Waals surface area contributed by atoms with Gasteiger partial charge in [0.05, 0.1) is 17.8 Å². The van der Waals surface area contributed by atoms with E-state index in [1.165, 1.54) is 11.4 Å². The Morgan fingerprint density at radius 1 is 1.55 bits per heavy atom. The molecule has 3 heteroatoms. The van der Waals surface area contributed by atoms with Crippen LogP contribution in [0.3, 0.4) is 0 Å². The summed E-state index contributed by atoms with van der Waals surface area (Å²) in [4.78, 5) is 6.42. The number of hydrogen-bond donors (Lipinski definition) is 0. The van der Waals surface area contributed by atoms with E-state index < -0.39 is 0 Å². The van der Waals surface area contributed by atoms with Crippen molar-refractivity contribution in [3.8, 4) is 0 Å². The summed E-state index contributed by atoms with van der Waals surface area (Å²) in [6.45, 7) is 1.16. The average Bonchev–Trinajstić information content (AvgIpc) is 2.58. The molecule has 1 aromatic rings. The van der Waals surface area contributed by atoms with E-state index in [1.54, 1.807) is 0 Å². The SMILES string of the molecule is c1cncc(N2CCSC2)c1. The van der Waals surface area contributed by atoms with Crippen LogP contribution in [-0.2, 0) is 0 Å². The molecule has 0 N–H and O–H groups in total. The summed E-state index contributed by atoms with van der Waals surface area (Å²) in [5, 5.41) is 0. The zero-order valence-corrected chi connectivity index (χ0v) is 7.05. The van der Waals surface area contributed by atoms with Crippen LogP contribution in [0.2, 0.25) is 0 Å². The number of anilines is 1. The number of rotatable bonds is 1. The van der Waals surface area contributed by atoms with E-state index in [2.05, 4.69) is 16.0 Å². The summed E-state index contributed by atoms with van der Waals surface area (Å²) in [6, 6.07) is 4.09. The van der Waals surface area contributed by atoms with Crippen molar-refractivity contribution in [1.29, 1.82) is 0 Å². The molecule has 1 saturated heterocycles. The minimum atomic E-state index is 1.12. The van der Waals surface area contributed by atoms with Gasteiger partial charge >= 0.3 is 0 Å². The Bertz CT molecular complexity index is 219. The molecular weight excluding hydrogens is 156 g/mol. The van der Waals surface area contributed by atoms with Crippen molar-refractivity contribution in [2.75, 3.05) is 23.1 Å². The van der Waals surface area contributed by atoms with Gasteiger partial charge in [0.1, 0.15) is 0 Å². The van der Waals surface area contributed by atoms with Crippen molar-refractivity contribution in [1.82, 2.24) is 4.98 Å². The lowest BCUT2D eigenvalue weighted by molar-refractivity contribution is 0.986. The molecule has 2 heterocycles. The van der Waals surface area contributed by atoms with E-state index in [1.807, 2.05) is 30.2 Å². The van der Waals surface area contributed by atoms with Crippen LogP contribution < -0.4 is 4.90 Å². The first-order valence-electron chi connectivity index (χ1n) is 3.69. The highest BCUT2D eigenvalue weighted by Crippen LogP contribution is 2.20. The van der Waals surface area contributed by atoms with Gasteiger partial charge in [0.25, 0.3) is 0 Å². The van der Waals surface area contributed by atoms with E-state index in [0.717, 1.165) is 12.4 Å². The summed E-state index contributed by atoms with van der Waals surface area (Å²) >= 11 is 1.98. The predicted octanol–water partition coefficient (Wildman–Crippen LogP) is 1.59. The maximum Gasteiger partial charge on any atom is 0.0641 e. The minimum absolute atomic E-state index is 1.12. The van der Waals surface area contributed by atoms with Crippen LogP contribution in [0, 0.1) is 0 Å². The molecule has 0 aromatic carbocycles. The molecule has 58 valence electrons. The van der Waals surface area contributed by atoms with Crippen molar-refractivity contribution in [2.45, 2.75) is 0 Å². The third-order valence-electron chi connectivity index (χ3n) is 1.76. The van der Waals surface area contributed by atoms with Gasteiger partial charge in [-0.15, -0.1) is 11.8 Å². The van der Waals surface area contributed by atoms with Gasteiger partial charge in [-0.1, -0.05) is 0 Å². The molecule has 1 aliphatic rings. The first-order valence-corrected chi connectivity index (χ1v) is 4.85. The molecule has 0 atom stereocenters. The van der Waals surface area contributed by atoms with E-state index >= 15 is 0 Å². The van der Waals surface area contributed by atoms with Crippen LogP contribution in [-0.4, -0.2) is 23.2 Å². The molecule has 1 fully saturated rings. The Hall–Kier alpha value is -0.700. The van der Waals surface area contributed by atoms with Crippen molar-refractivity contribution >= 4 is 17.4 Å². The van der Waals surface area contributed by atoms with Crippen LogP contribution in [0.4, 0.5) is 5.69 Å². The minimum Gasteiger partial charge on any atom is -0.360 e. The molecule has 11 heavy (non-hydrogen) atoms.